The third-order valence-corrected chi connectivity index (χ3v) is 3.52. The van der Waals surface area contributed by atoms with Crippen LogP contribution in [0.25, 0.3) is 0 Å². The summed E-state index contributed by atoms with van der Waals surface area (Å²) in [5.41, 5.74) is 1.88. The lowest BCUT2D eigenvalue weighted by Crippen LogP contribution is -2.50. The summed E-state index contributed by atoms with van der Waals surface area (Å²) in [6.45, 7) is 7.13. The molecule has 2 atom stereocenters. The molecule has 1 fully saturated rings. The number of aromatic nitrogens is 1. The second-order valence-corrected chi connectivity index (χ2v) is 4.89. The fourth-order valence-electron chi connectivity index (χ4n) is 2.11. The van der Waals surface area contributed by atoms with Crippen LogP contribution in [-0.2, 0) is 0 Å². The van der Waals surface area contributed by atoms with E-state index in [0.29, 0.717) is 6.04 Å². The first kappa shape index (κ1) is 12.3. The molecule has 0 bridgehead atoms. The number of aliphatic hydroxyl groups excluding tert-OH is 1. The number of hydrogen-bond acceptors (Lipinski definition) is 4. The lowest BCUT2D eigenvalue weighted by Gasteiger charge is -2.38. The number of anilines is 1. The van der Waals surface area contributed by atoms with Crippen molar-refractivity contribution in [2.45, 2.75) is 26.0 Å². The van der Waals surface area contributed by atoms with E-state index in [9.17, 15) is 5.11 Å². The van der Waals surface area contributed by atoms with Gasteiger partial charge in [0.15, 0.2) is 0 Å². The molecule has 1 N–H and O–H groups in total. The predicted molar refractivity (Wildman–Crippen MR) is 69.2 cm³/mol. The monoisotopic (exact) mass is 235 g/mol. The smallest absolute Gasteiger partial charge is 0.0931 e. The van der Waals surface area contributed by atoms with Crippen molar-refractivity contribution in [1.82, 2.24) is 9.88 Å². The maximum Gasteiger partial charge on any atom is 0.0931 e. The standard InChI is InChI=1S/C13H21N3O/c1-10-9-16(7-6-15(10)3)12-4-5-13(11(2)17)14-8-12/h4-5,8,10-11,17H,6-7,9H2,1-3H3/t10?,11-/m0/s1. The maximum absolute atomic E-state index is 9.42. The SMILES string of the molecule is CC1CN(c2ccc([C@H](C)O)nc2)CCN1C. The summed E-state index contributed by atoms with van der Waals surface area (Å²) in [5.74, 6) is 0. The van der Waals surface area contributed by atoms with Crippen molar-refractivity contribution in [3.8, 4) is 0 Å². The Bertz CT molecular complexity index is 363. The predicted octanol–water partition coefficient (Wildman–Crippen LogP) is 1.28. The van der Waals surface area contributed by atoms with Gasteiger partial charge in [0, 0.05) is 25.7 Å². The van der Waals surface area contributed by atoms with Crippen LogP contribution >= 0.6 is 0 Å². The molecule has 2 rings (SSSR count). The first-order valence-electron chi connectivity index (χ1n) is 6.17. The average Bonchev–Trinajstić information content (AvgIpc) is 2.33. The summed E-state index contributed by atoms with van der Waals surface area (Å²) in [6, 6.07) is 4.52. The Hall–Kier alpha value is -1.13. The number of pyridine rings is 1. The topological polar surface area (TPSA) is 39.6 Å². The molecule has 0 amide bonds. The van der Waals surface area contributed by atoms with Gasteiger partial charge < -0.3 is 14.9 Å². The maximum atomic E-state index is 9.42. The Kier molecular flexibility index (Phi) is 3.64. The summed E-state index contributed by atoms with van der Waals surface area (Å²) in [6.07, 6.45) is 1.37. The second-order valence-electron chi connectivity index (χ2n) is 4.89. The van der Waals surface area contributed by atoms with Crippen molar-refractivity contribution in [1.29, 1.82) is 0 Å². The molecule has 0 saturated carbocycles. The average molecular weight is 235 g/mol. The number of rotatable bonds is 2. The van der Waals surface area contributed by atoms with Crippen LogP contribution < -0.4 is 4.90 Å². The molecule has 17 heavy (non-hydrogen) atoms. The Morgan fingerprint density at radius 2 is 2.18 bits per heavy atom. The molecule has 0 spiro atoms. The van der Waals surface area contributed by atoms with Crippen LogP contribution in [0.5, 0.6) is 0 Å². The van der Waals surface area contributed by atoms with E-state index in [2.05, 4.69) is 28.8 Å². The fourth-order valence-corrected chi connectivity index (χ4v) is 2.11. The third kappa shape index (κ3) is 2.76. The van der Waals surface area contributed by atoms with E-state index in [-0.39, 0.29) is 0 Å². The van der Waals surface area contributed by atoms with E-state index in [1.807, 2.05) is 18.3 Å². The molecule has 1 aliphatic rings. The van der Waals surface area contributed by atoms with Crippen LogP contribution in [0, 0.1) is 0 Å². The Balaban J connectivity index is 2.07. The van der Waals surface area contributed by atoms with E-state index >= 15 is 0 Å². The van der Waals surface area contributed by atoms with E-state index in [1.165, 1.54) is 0 Å². The van der Waals surface area contributed by atoms with E-state index in [4.69, 9.17) is 0 Å². The molecule has 1 aliphatic heterocycles. The zero-order valence-electron chi connectivity index (χ0n) is 10.8. The quantitative estimate of drug-likeness (QED) is 0.838. The van der Waals surface area contributed by atoms with Gasteiger partial charge in [0.1, 0.15) is 0 Å². The van der Waals surface area contributed by atoms with Crippen molar-refractivity contribution in [3.63, 3.8) is 0 Å². The number of nitrogens with zero attached hydrogens (tertiary/aromatic N) is 3. The van der Waals surface area contributed by atoms with Gasteiger partial charge in [-0.05, 0) is 33.0 Å². The molecular weight excluding hydrogens is 214 g/mol. The van der Waals surface area contributed by atoms with E-state index < -0.39 is 6.10 Å². The normalized spacial score (nSPS) is 23.8. The van der Waals surface area contributed by atoms with Crippen molar-refractivity contribution in [2.24, 2.45) is 0 Å². The minimum Gasteiger partial charge on any atom is -0.387 e. The molecular formula is C13H21N3O. The van der Waals surface area contributed by atoms with Gasteiger partial charge in [-0.25, -0.2) is 0 Å². The molecule has 1 unspecified atom stereocenters. The van der Waals surface area contributed by atoms with Crippen molar-refractivity contribution in [2.75, 3.05) is 31.6 Å². The third-order valence-electron chi connectivity index (χ3n) is 3.52. The summed E-state index contributed by atoms with van der Waals surface area (Å²) < 4.78 is 0. The lowest BCUT2D eigenvalue weighted by molar-refractivity contribution is 0.194. The largest absolute Gasteiger partial charge is 0.387 e. The summed E-state index contributed by atoms with van der Waals surface area (Å²) in [4.78, 5) is 9.01. The highest BCUT2D eigenvalue weighted by Gasteiger charge is 2.20. The summed E-state index contributed by atoms with van der Waals surface area (Å²) in [7, 11) is 2.16. The van der Waals surface area contributed by atoms with Gasteiger partial charge in [-0.3, -0.25) is 4.98 Å². The van der Waals surface area contributed by atoms with Crippen LogP contribution in [0.3, 0.4) is 0 Å². The minimum atomic E-state index is -0.490. The van der Waals surface area contributed by atoms with Crippen LogP contribution in [-0.4, -0.2) is 47.7 Å². The zero-order chi connectivity index (χ0) is 12.4. The van der Waals surface area contributed by atoms with Gasteiger partial charge in [0.05, 0.1) is 23.7 Å². The lowest BCUT2D eigenvalue weighted by atomic mass is 10.2. The Morgan fingerprint density at radius 3 is 2.71 bits per heavy atom. The van der Waals surface area contributed by atoms with Crippen LogP contribution in [0.4, 0.5) is 5.69 Å². The number of likely N-dealkylation sites (N-methyl/N-ethyl adjacent to an activating group) is 1. The Morgan fingerprint density at radius 1 is 1.41 bits per heavy atom. The minimum absolute atomic E-state index is 0.490. The molecule has 94 valence electrons. The number of aliphatic hydroxyl groups is 1. The van der Waals surface area contributed by atoms with Crippen LogP contribution in [0.1, 0.15) is 25.6 Å². The van der Waals surface area contributed by atoms with E-state index in [0.717, 1.165) is 31.0 Å². The summed E-state index contributed by atoms with van der Waals surface area (Å²) in [5, 5.41) is 9.42. The molecule has 1 saturated heterocycles. The fraction of sp³-hybridized carbons (Fsp3) is 0.615. The van der Waals surface area contributed by atoms with E-state index in [1.54, 1.807) is 6.92 Å². The molecule has 4 nitrogen and oxygen atoms in total. The molecule has 1 aromatic rings. The summed E-state index contributed by atoms with van der Waals surface area (Å²) >= 11 is 0. The highest BCUT2D eigenvalue weighted by Crippen LogP contribution is 2.19. The molecule has 2 heterocycles. The first-order valence-corrected chi connectivity index (χ1v) is 6.17. The van der Waals surface area contributed by atoms with Gasteiger partial charge in [-0.1, -0.05) is 0 Å². The number of hydrogen-bond donors (Lipinski definition) is 1. The zero-order valence-corrected chi connectivity index (χ0v) is 10.8. The van der Waals surface area contributed by atoms with Gasteiger partial charge in [0.2, 0.25) is 0 Å². The van der Waals surface area contributed by atoms with Crippen molar-refractivity contribution < 1.29 is 5.11 Å². The van der Waals surface area contributed by atoms with Gasteiger partial charge in [0.25, 0.3) is 0 Å². The van der Waals surface area contributed by atoms with Crippen LogP contribution in [0.15, 0.2) is 18.3 Å². The molecule has 0 radical (unpaired) electrons. The van der Waals surface area contributed by atoms with Crippen LogP contribution in [0.2, 0.25) is 0 Å². The van der Waals surface area contributed by atoms with Crippen molar-refractivity contribution in [3.05, 3.63) is 24.0 Å². The molecule has 1 aromatic heterocycles. The molecule has 4 heteroatoms. The Labute approximate surface area is 103 Å². The van der Waals surface area contributed by atoms with Gasteiger partial charge >= 0.3 is 0 Å². The second kappa shape index (κ2) is 5.02. The van der Waals surface area contributed by atoms with Crippen molar-refractivity contribution >= 4 is 5.69 Å². The number of piperazine rings is 1. The highest BCUT2D eigenvalue weighted by atomic mass is 16.3. The highest BCUT2D eigenvalue weighted by molar-refractivity contribution is 5.45. The van der Waals surface area contributed by atoms with Gasteiger partial charge in [-0.15, -0.1) is 0 Å². The first-order chi connectivity index (χ1) is 8.08. The molecule has 0 aromatic carbocycles. The molecule has 0 aliphatic carbocycles. The van der Waals surface area contributed by atoms with Gasteiger partial charge in [-0.2, -0.15) is 0 Å².